The van der Waals surface area contributed by atoms with Crippen LogP contribution >= 0.6 is 7.60 Å². The zero-order valence-corrected chi connectivity index (χ0v) is 14.5. The van der Waals surface area contributed by atoms with Crippen LogP contribution in [0.5, 0.6) is 0 Å². The summed E-state index contributed by atoms with van der Waals surface area (Å²) < 4.78 is 41.3. The lowest BCUT2D eigenvalue weighted by Gasteiger charge is -2.18. The van der Waals surface area contributed by atoms with E-state index in [-0.39, 0.29) is 32.4 Å². The molecule has 1 rings (SSSR count). The lowest BCUT2D eigenvalue weighted by atomic mass is 10.2. The van der Waals surface area contributed by atoms with Crippen molar-refractivity contribution in [3.05, 3.63) is 35.9 Å². The molecule has 0 saturated carbocycles. The van der Waals surface area contributed by atoms with E-state index in [1.807, 2.05) is 0 Å². The molecule has 0 amide bonds. The van der Waals surface area contributed by atoms with E-state index in [1.54, 1.807) is 44.2 Å². The largest absolute Gasteiger partial charge is 0.462 e. The molecule has 0 spiro atoms. The average molecular weight is 346 g/mol. The van der Waals surface area contributed by atoms with E-state index in [4.69, 9.17) is 13.8 Å². The topological polar surface area (TPSA) is 61.8 Å². The third-order valence-corrected chi connectivity index (χ3v) is 5.12. The van der Waals surface area contributed by atoms with Crippen molar-refractivity contribution in [2.75, 3.05) is 26.0 Å². The van der Waals surface area contributed by atoms with Crippen molar-refractivity contribution in [1.29, 1.82) is 0 Å². The fourth-order valence-corrected chi connectivity index (χ4v) is 3.74. The number of carbonyl (C=O) groups excluding carboxylic acids is 1. The van der Waals surface area contributed by atoms with Gasteiger partial charge in [0.2, 0.25) is 0 Å². The second-order valence-electron chi connectivity index (χ2n) is 4.87. The molecule has 1 aromatic carbocycles. The van der Waals surface area contributed by atoms with Crippen LogP contribution in [-0.2, 0) is 18.3 Å². The Hall–Kier alpha value is -1.23. The molecule has 0 aliphatic rings. The van der Waals surface area contributed by atoms with E-state index in [9.17, 15) is 13.8 Å². The molecule has 0 saturated heterocycles. The minimum absolute atomic E-state index is 0.113. The van der Waals surface area contributed by atoms with E-state index in [0.29, 0.717) is 12.0 Å². The summed E-state index contributed by atoms with van der Waals surface area (Å²) in [6.45, 7) is 3.89. The van der Waals surface area contributed by atoms with Crippen LogP contribution in [0.25, 0.3) is 0 Å². The molecule has 0 aromatic heterocycles. The van der Waals surface area contributed by atoms with Gasteiger partial charge in [-0.15, -0.1) is 0 Å². The van der Waals surface area contributed by atoms with Gasteiger partial charge in [0.25, 0.3) is 0 Å². The normalized spacial score (nSPS) is 12.8. The Balaban J connectivity index is 2.29. The van der Waals surface area contributed by atoms with Gasteiger partial charge in [-0.25, -0.2) is 9.18 Å². The summed E-state index contributed by atoms with van der Waals surface area (Å²) in [5, 5.41) is 0. The van der Waals surface area contributed by atoms with Gasteiger partial charge in [0.05, 0.1) is 31.5 Å². The molecule has 1 atom stereocenters. The van der Waals surface area contributed by atoms with Crippen LogP contribution in [0.2, 0.25) is 0 Å². The highest BCUT2D eigenvalue weighted by Gasteiger charge is 2.28. The number of esters is 1. The van der Waals surface area contributed by atoms with Gasteiger partial charge in [0, 0.05) is 0 Å². The number of rotatable bonds is 11. The summed E-state index contributed by atoms with van der Waals surface area (Å²) in [5.74, 6) is -0.435. The lowest BCUT2D eigenvalue weighted by Crippen LogP contribution is -2.13. The summed E-state index contributed by atoms with van der Waals surface area (Å²) in [5.41, 5.74) is 0.460. The van der Waals surface area contributed by atoms with Crippen molar-refractivity contribution in [1.82, 2.24) is 0 Å². The number of hydrogen-bond acceptors (Lipinski definition) is 5. The monoisotopic (exact) mass is 346 g/mol. The Kier molecular flexibility index (Phi) is 9.07. The average Bonchev–Trinajstić information content (AvgIpc) is 2.52. The Morgan fingerprint density at radius 1 is 1.17 bits per heavy atom. The quantitative estimate of drug-likeness (QED) is 0.341. The van der Waals surface area contributed by atoms with Gasteiger partial charge < -0.3 is 13.8 Å². The van der Waals surface area contributed by atoms with Gasteiger partial charge in [-0.3, -0.25) is 4.57 Å². The van der Waals surface area contributed by atoms with Crippen LogP contribution < -0.4 is 0 Å². The molecule has 0 bridgehead atoms. The van der Waals surface area contributed by atoms with Crippen LogP contribution in [0.4, 0.5) is 4.39 Å². The first-order valence-electron chi connectivity index (χ1n) is 7.75. The molecule has 0 aliphatic carbocycles. The maximum Gasteiger partial charge on any atom is 0.338 e. The number of ether oxygens (including phenoxy) is 1. The minimum atomic E-state index is -3.37. The Morgan fingerprint density at radius 3 is 2.35 bits per heavy atom. The maximum atomic E-state index is 13.9. The predicted octanol–water partition coefficient (Wildman–Crippen LogP) is 4.23. The van der Waals surface area contributed by atoms with Crippen LogP contribution in [0.3, 0.4) is 0 Å². The van der Waals surface area contributed by atoms with Crippen molar-refractivity contribution >= 4 is 13.6 Å². The highest BCUT2D eigenvalue weighted by Crippen LogP contribution is 2.49. The maximum absolute atomic E-state index is 13.9. The molecule has 23 heavy (non-hydrogen) atoms. The molecule has 0 radical (unpaired) electrons. The number of carbonyl (C=O) groups is 1. The summed E-state index contributed by atoms with van der Waals surface area (Å²) in [4.78, 5) is 11.7. The van der Waals surface area contributed by atoms with Crippen molar-refractivity contribution in [2.45, 2.75) is 32.9 Å². The van der Waals surface area contributed by atoms with E-state index < -0.39 is 19.7 Å². The first kappa shape index (κ1) is 19.8. The van der Waals surface area contributed by atoms with E-state index in [0.717, 1.165) is 0 Å². The first-order valence-corrected chi connectivity index (χ1v) is 9.48. The standard InChI is InChI=1S/C16H24FO5P/c1-3-21-23(19,22-4-2)13-15(17)11-8-12-20-16(18)14-9-6-5-7-10-14/h5-7,9-10,15H,3-4,8,11-13H2,1-2H3. The molecule has 7 heteroatoms. The number of halogens is 1. The summed E-state index contributed by atoms with van der Waals surface area (Å²) >= 11 is 0. The van der Waals surface area contributed by atoms with Crippen LogP contribution in [0.15, 0.2) is 30.3 Å². The number of hydrogen-bond donors (Lipinski definition) is 0. The third-order valence-electron chi connectivity index (χ3n) is 2.98. The predicted molar refractivity (Wildman–Crippen MR) is 86.6 cm³/mol. The van der Waals surface area contributed by atoms with Gasteiger partial charge in [0.1, 0.15) is 6.17 Å². The molecule has 0 fully saturated rings. The fraction of sp³-hybridized carbons (Fsp3) is 0.562. The highest BCUT2D eigenvalue weighted by molar-refractivity contribution is 7.53. The second-order valence-corrected chi connectivity index (χ2v) is 6.97. The number of alkyl halides is 1. The fourth-order valence-electron chi connectivity index (χ4n) is 2.00. The third kappa shape index (κ3) is 7.73. The SMILES string of the molecule is CCOP(=O)(CC(F)CCCOC(=O)c1ccccc1)OCC. The number of benzene rings is 1. The van der Waals surface area contributed by atoms with Crippen molar-refractivity contribution < 1.29 is 27.5 Å². The first-order chi connectivity index (χ1) is 11.0. The second kappa shape index (κ2) is 10.5. The van der Waals surface area contributed by atoms with Crippen LogP contribution in [-0.4, -0.2) is 38.1 Å². The highest BCUT2D eigenvalue weighted by atomic mass is 31.2. The minimum Gasteiger partial charge on any atom is -0.462 e. The molecule has 0 N–H and O–H groups in total. The summed E-state index contributed by atoms with van der Waals surface area (Å²) in [7, 11) is -3.37. The van der Waals surface area contributed by atoms with Crippen LogP contribution in [0.1, 0.15) is 37.0 Å². The Morgan fingerprint density at radius 2 is 1.78 bits per heavy atom. The van der Waals surface area contributed by atoms with Gasteiger partial charge in [-0.2, -0.15) is 0 Å². The molecule has 0 aliphatic heterocycles. The summed E-state index contributed by atoms with van der Waals surface area (Å²) in [6, 6.07) is 8.60. The van der Waals surface area contributed by atoms with Gasteiger partial charge in [-0.05, 0) is 38.8 Å². The van der Waals surface area contributed by atoms with E-state index >= 15 is 0 Å². The zero-order chi connectivity index (χ0) is 17.1. The van der Waals surface area contributed by atoms with Gasteiger partial charge in [-0.1, -0.05) is 18.2 Å². The van der Waals surface area contributed by atoms with Crippen molar-refractivity contribution in [2.24, 2.45) is 0 Å². The molecule has 130 valence electrons. The van der Waals surface area contributed by atoms with Crippen LogP contribution in [0, 0.1) is 0 Å². The molecule has 5 nitrogen and oxygen atoms in total. The van der Waals surface area contributed by atoms with Gasteiger partial charge in [0.15, 0.2) is 0 Å². The van der Waals surface area contributed by atoms with E-state index in [1.165, 1.54) is 0 Å². The molecule has 0 heterocycles. The molecular weight excluding hydrogens is 322 g/mol. The zero-order valence-electron chi connectivity index (χ0n) is 13.6. The van der Waals surface area contributed by atoms with Crippen molar-refractivity contribution in [3.8, 4) is 0 Å². The smallest absolute Gasteiger partial charge is 0.338 e. The summed E-state index contributed by atoms with van der Waals surface area (Å²) in [6.07, 6.45) is -1.12. The molecule has 1 aromatic rings. The lowest BCUT2D eigenvalue weighted by molar-refractivity contribution is 0.0490. The Bertz CT molecular complexity index is 498. The molecular formula is C16H24FO5P. The van der Waals surface area contributed by atoms with Gasteiger partial charge >= 0.3 is 13.6 Å². The Labute approximate surface area is 136 Å². The van der Waals surface area contributed by atoms with E-state index in [2.05, 4.69) is 0 Å². The van der Waals surface area contributed by atoms with Crippen molar-refractivity contribution in [3.63, 3.8) is 0 Å². The molecule has 1 unspecified atom stereocenters.